The zero-order valence-corrected chi connectivity index (χ0v) is 9.82. The van der Waals surface area contributed by atoms with E-state index in [1.54, 1.807) is 6.07 Å². The second-order valence-corrected chi connectivity index (χ2v) is 6.03. The number of nitrogens with zero attached hydrogens (tertiary/aromatic N) is 1. The Morgan fingerprint density at radius 1 is 1.43 bits per heavy atom. The van der Waals surface area contributed by atoms with Crippen LogP contribution in [0.3, 0.4) is 0 Å². The lowest BCUT2D eigenvalue weighted by atomic mass is 10.3. The van der Waals surface area contributed by atoms with Crippen molar-refractivity contribution in [3.8, 4) is 0 Å². The van der Waals surface area contributed by atoms with Gasteiger partial charge in [0.05, 0.1) is 22.3 Å². The molecule has 1 aromatic carbocycles. The predicted molar refractivity (Wildman–Crippen MR) is 56.8 cm³/mol. The third-order valence-electron chi connectivity index (χ3n) is 1.74. The zero-order chi connectivity index (χ0) is 10.3. The van der Waals surface area contributed by atoms with Gasteiger partial charge in [-0.25, -0.2) is 13.4 Å². The van der Waals surface area contributed by atoms with E-state index >= 15 is 0 Å². The van der Waals surface area contributed by atoms with Crippen molar-refractivity contribution in [1.29, 1.82) is 0 Å². The average molecular weight is 296 g/mol. The standard InChI is InChI=1S/C7H4BrClN2O2S/c8-4-1-5-6(11-3-10-5)2-7(4)14(9,12)13/h1-3H,(H,10,11). The molecule has 0 amide bonds. The van der Waals surface area contributed by atoms with Gasteiger partial charge in [0.15, 0.2) is 0 Å². The van der Waals surface area contributed by atoms with Gasteiger partial charge in [-0.3, -0.25) is 0 Å². The molecule has 7 heteroatoms. The normalized spacial score (nSPS) is 12.1. The lowest BCUT2D eigenvalue weighted by molar-refractivity contribution is 0.609. The van der Waals surface area contributed by atoms with Crippen LogP contribution in [0.4, 0.5) is 0 Å². The van der Waals surface area contributed by atoms with E-state index in [1.165, 1.54) is 12.4 Å². The van der Waals surface area contributed by atoms with Gasteiger partial charge in [0.25, 0.3) is 9.05 Å². The minimum Gasteiger partial charge on any atom is -0.345 e. The Labute approximate surface area is 92.8 Å². The number of aromatic amines is 1. The highest BCUT2D eigenvalue weighted by Crippen LogP contribution is 2.28. The number of imidazole rings is 1. The fraction of sp³-hybridized carbons (Fsp3) is 0. The number of H-pyrrole nitrogens is 1. The molecule has 0 aliphatic carbocycles. The third kappa shape index (κ3) is 1.65. The van der Waals surface area contributed by atoms with E-state index in [2.05, 4.69) is 25.9 Å². The second-order valence-electron chi connectivity index (χ2n) is 2.64. The number of rotatable bonds is 1. The van der Waals surface area contributed by atoms with Crippen LogP contribution in [0, 0.1) is 0 Å². The molecule has 0 atom stereocenters. The lowest BCUT2D eigenvalue weighted by Crippen LogP contribution is -1.92. The van der Waals surface area contributed by atoms with Crippen molar-refractivity contribution in [3.05, 3.63) is 22.9 Å². The predicted octanol–water partition coefficient (Wildman–Crippen LogP) is 2.25. The van der Waals surface area contributed by atoms with Gasteiger partial charge in [-0.05, 0) is 28.1 Å². The summed E-state index contributed by atoms with van der Waals surface area (Å²) in [5, 5.41) is 0. The number of benzene rings is 1. The van der Waals surface area contributed by atoms with Gasteiger partial charge in [-0.15, -0.1) is 0 Å². The van der Waals surface area contributed by atoms with Crippen LogP contribution >= 0.6 is 26.6 Å². The van der Waals surface area contributed by atoms with Crippen LogP contribution in [-0.4, -0.2) is 18.4 Å². The Hall–Kier alpha value is -0.590. The Bertz CT molecular complexity index is 593. The van der Waals surface area contributed by atoms with Crippen LogP contribution in [0.2, 0.25) is 0 Å². The highest BCUT2D eigenvalue weighted by Gasteiger charge is 2.15. The van der Waals surface area contributed by atoms with E-state index in [-0.39, 0.29) is 4.90 Å². The molecule has 0 aliphatic heterocycles. The summed E-state index contributed by atoms with van der Waals surface area (Å²) in [5.41, 5.74) is 1.31. The van der Waals surface area contributed by atoms with Gasteiger partial charge in [0.2, 0.25) is 0 Å². The molecule has 0 unspecified atom stereocenters. The van der Waals surface area contributed by atoms with Crippen LogP contribution in [0.15, 0.2) is 27.8 Å². The van der Waals surface area contributed by atoms with Crippen molar-refractivity contribution in [1.82, 2.24) is 9.97 Å². The Kier molecular flexibility index (Phi) is 2.29. The molecule has 14 heavy (non-hydrogen) atoms. The molecule has 1 heterocycles. The van der Waals surface area contributed by atoms with Crippen molar-refractivity contribution in [2.45, 2.75) is 4.90 Å². The van der Waals surface area contributed by atoms with E-state index in [1.807, 2.05) is 0 Å². The molecular weight excluding hydrogens is 292 g/mol. The summed E-state index contributed by atoms with van der Waals surface area (Å²) in [6.45, 7) is 0. The summed E-state index contributed by atoms with van der Waals surface area (Å²) >= 11 is 3.12. The molecular formula is C7H4BrClN2O2S. The summed E-state index contributed by atoms with van der Waals surface area (Å²) in [7, 11) is 1.51. The number of hydrogen-bond acceptors (Lipinski definition) is 3. The first-order valence-electron chi connectivity index (χ1n) is 3.56. The highest BCUT2D eigenvalue weighted by molar-refractivity contribution is 9.10. The molecule has 2 aromatic rings. The van der Waals surface area contributed by atoms with Gasteiger partial charge in [-0.2, -0.15) is 0 Å². The molecule has 0 radical (unpaired) electrons. The summed E-state index contributed by atoms with van der Waals surface area (Å²) in [4.78, 5) is 6.82. The highest BCUT2D eigenvalue weighted by atomic mass is 79.9. The van der Waals surface area contributed by atoms with Gasteiger partial charge in [-0.1, -0.05) is 0 Å². The summed E-state index contributed by atoms with van der Waals surface area (Å²) in [6, 6.07) is 3.04. The van der Waals surface area contributed by atoms with E-state index < -0.39 is 9.05 Å². The van der Waals surface area contributed by atoms with E-state index in [4.69, 9.17) is 10.7 Å². The smallest absolute Gasteiger partial charge is 0.262 e. The van der Waals surface area contributed by atoms with Crippen LogP contribution in [0.5, 0.6) is 0 Å². The second kappa shape index (κ2) is 3.22. The molecule has 0 aliphatic rings. The van der Waals surface area contributed by atoms with Crippen LogP contribution in [0.1, 0.15) is 0 Å². The number of aromatic nitrogens is 2. The number of fused-ring (bicyclic) bond motifs is 1. The first-order valence-corrected chi connectivity index (χ1v) is 6.66. The average Bonchev–Trinajstić information content (AvgIpc) is 2.47. The van der Waals surface area contributed by atoms with Gasteiger partial charge in [0.1, 0.15) is 0 Å². The van der Waals surface area contributed by atoms with E-state index in [9.17, 15) is 8.42 Å². The lowest BCUT2D eigenvalue weighted by Gasteiger charge is -1.99. The molecule has 0 fully saturated rings. The molecule has 2 rings (SSSR count). The van der Waals surface area contributed by atoms with Crippen LogP contribution in [0.25, 0.3) is 11.0 Å². The number of halogens is 2. The maximum Gasteiger partial charge on any atom is 0.262 e. The Morgan fingerprint density at radius 3 is 2.79 bits per heavy atom. The molecule has 74 valence electrons. The van der Waals surface area contributed by atoms with Gasteiger partial charge in [0, 0.05) is 15.2 Å². The van der Waals surface area contributed by atoms with Crippen molar-refractivity contribution in [2.24, 2.45) is 0 Å². The first kappa shape index (κ1) is 9.95. The first-order chi connectivity index (χ1) is 6.48. The monoisotopic (exact) mass is 294 g/mol. The fourth-order valence-electron chi connectivity index (χ4n) is 1.12. The van der Waals surface area contributed by atoms with Crippen molar-refractivity contribution in [3.63, 3.8) is 0 Å². The van der Waals surface area contributed by atoms with E-state index in [0.717, 1.165) is 0 Å². The van der Waals surface area contributed by atoms with Crippen LogP contribution < -0.4 is 0 Å². The molecule has 1 N–H and O–H groups in total. The number of nitrogens with one attached hydrogen (secondary N) is 1. The number of hydrogen-bond donors (Lipinski definition) is 1. The van der Waals surface area contributed by atoms with Crippen molar-refractivity contribution >= 4 is 46.7 Å². The maximum absolute atomic E-state index is 11.1. The quantitative estimate of drug-likeness (QED) is 0.821. The zero-order valence-electron chi connectivity index (χ0n) is 6.66. The SMILES string of the molecule is O=S(=O)(Cl)c1cc2[nH]cnc2cc1Br. The summed E-state index contributed by atoms with van der Waals surface area (Å²) in [5.74, 6) is 0. The molecule has 4 nitrogen and oxygen atoms in total. The maximum atomic E-state index is 11.1. The largest absolute Gasteiger partial charge is 0.345 e. The topological polar surface area (TPSA) is 62.8 Å². The molecule has 0 saturated carbocycles. The minimum absolute atomic E-state index is 0.0379. The molecule has 1 aromatic heterocycles. The summed E-state index contributed by atoms with van der Waals surface area (Å²) in [6.07, 6.45) is 1.49. The Morgan fingerprint density at radius 2 is 2.14 bits per heavy atom. The van der Waals surface area contributed by atoms with Crippen LogP contribution in [-0.2, 0) is 9.05 Å². The van der Waals surface area contributed by atoms with Gasteiger partial charge < -0.3 is 4.98 Å². The molecule has 0 saturated heterocycles. The summed E-state index contributed by atoms with van der Waals surface area (Å²) < 4.78 is 22.7. The van der Waals surface area contributed by atoms with E-state index in [0.29, 0.717) is 15.5 Å². The fourth-order valence-corrected chi connectivity index (χ4v) is 3.31. The van der Waals surface area contributed by atoms with Crippen molar-refractivity contribution in [2.75, 3.05) is 0 Å². The Balaban J connectivity index is 2.84. The molecule has 0 bridgehead atoms. The minimum atomic E-state index is -3.73. The van der Waals surface area contributed by atoms with Gasteiger partial charge >= 0.3 is 0 Å². The molecule has 0 spiro atoms. The van der Waals surface area contributed by atoms with Crippen molar-refractivity contribution < 1.29 is 8.42 Å². The third-order valence-corrected chi connectivity index (χ3v) is 4.02.